The summed E-state index contributed by atoms with van der Waals surface area (Å²) < 4.78 is 40.7. The van der Waals surface area contributed by atoms with Crippen LogP contribution < -0.4 is 14.4 Å². The molecule has 5 atom stereocenters. The zero-order chi connectivity index (χ0) is 37.8. The minimum atomic E-state index is -4.05. The third-order valence-electron chi connectivity index (χ3n) is 12.1. The van der Waals surface area contributed by atoms with Gasteiger partial charge in [-0.15, -0.1) is 0 Å². The van der Waals surface area contributed by atoms with Gasteiger partial charge in [0.1, 0.15) is 12.4 Å². The van der Waals surface area contributed by atoms with Crippen LogP contribution in [0.2, 0.25) is 5.02 Å². The predicted molar refractivity (Wildman–Crippen MR) is 198 cm³/mol. The number of carboxylic acid groups (broad SMARTS) is 1. The number of fused-ring (bicyclic) bond motifs is 4. The summed E-state index contributed by atoms with van der Waals surface area (Å²) >= 11 is 6.46. The molecule has 5 aliphatic rings. The fraction of sp³-hybridized carbons (Fsp3) is 0.564. The van der Waals surface area contributed by atoms with Crippen molar-refractivity contribution in [2.24, 2.45) is 11.3 Å². The smallest absolute Gasteiger partial charge is 0.329 e. The molecular weight excluding hydrogens is 722 g/mol. The van der Waals surface area contributed by atoms with E-state index in [-0.39, 0.29) is 23.4 Å². The molecule has 0 aromatic heterocycles. The van der Waals surface area contributed by atoms with Crippen molar-refractivity contribution < 1.29 is 42.5 Å². The average molecular weight is 770 g/mol. The van der Waals surface area contributed by atoms with Crippen molar-refractivity contribution in [1.29, 1.82) is 0 Å². The van der Waals surface area contributed by atoms with Crippen LogP contribution in [-0.4, -0.2) is 92.6 Å². The number of aliphatic carboxylic acids is 1. The number of carbonyl (C=O) groups excluding carboxylic acids is 2. The van der Waals surface area contributed by atoms with Crippen molar-refractivity contribution in [1.82, 2.24) is 9.62 Å². The number of ether oxygens (including phenoxy) is 2. The molecule has 14 heteroatoms. The van der Waals surface area contributed by atoms with E-state index in [9.17, 15) is 33.0 Å². The van der Waals surface area contributed by atoms with Crippen molar-refractivity contribution >= 4 is 45.1 Å². The van der Waals surface area contributed by atoms with Crippen LogP contribution in [-0.2, 0) is 46.6 Å². The van der Waals surface area contributed by atoms with Crippen molar-refractivity contribution in [2.75, 3.05) is 44.8 Å². The Hall–Kier alpha value is -3.65. The van der Waals surface area contributed by atoms with Crippen molar-refractivity contribution in [3.63, 3.8) is 0 Å². The van der Waals surface area contributed by atoms with Gasteiger partial charge in [0, 0.05) is 37.1 Å². The van der Waals surface area contributed by atoms with E-state index in [1.165, 1.54) is 16.5 Å². The first-order chi connectivity index (χ1) is 25.1. The van der Waals surface area contributed by atoms with Gasteiger partial charge in [0.2, 0.25) is 15.9 Å². The molecule has 2 heterocycles. The van der Waals surface area contributed by atoms with Crippen LogP contribution in [0.3, 0.4) is 0 Å². The van der Waals surface area contributed by atoms with E-state index in [4.69, 9.17) is 21.1 Å². The molecule has 2 amide bonds. The molecule has 7 rings (SSSR count). The first-order valence-electron chi connectivity index (χ1n) is 18.5. The van der Waals surface area contributed by atoms with Crippen molar-refractivity contribution in [3.8, 4) is 5.75 Å². The molecule has 286 valence electrons. The van der Waals surface area contributed by atoms with Gasteiger partial charge >= 0.3 is 5.97 Å². The van der Waals surface area contributed by atoms with Crippen LogP contribution in [0.25, 0.3) is 0 Å². The number of benzene rings is 2. The van der Waals surface area contributed by atoms with Gasteiger partial charge in [0.25, 0.3) is 5.91 Å². The summed E-state index contributed by atoms with van der Waals surface area (Å²) in [6, 6.07) is 10.9. The minimum absolute atomic E-state index is 0.0232. The fourth-order valence-electron chi connectivity index (χ4n) is 8.79. The molecule has 12 nitrogen and oxygen atoms in total. The number of hydrogen-bond donors (Lipinski definition) is 3. The molecule has 2 saturated carbocycles. The quantitative estimate of drug-likeness (QED) is 0.361. The molecule has 0 radical (unpaired) electrons. The lowest BCUT2D eigenvalue weighted by Crippen LogP contribution is -2.54. The number of aliphatic hydroxyl groups is 1. The summed E-state index contributed by atoms with van der Waals surface area (Å²) in [6.45, 7) is 3.39. The van der Waals surface area contributed by atoms with Crippen LogP contribution >= 0.6 is 11.6 Å². The molecule has 2 aromatic rings. The molecule has 2 bridgehead atoms. The Morgan fingerprint density at radius 2 is 1.91 bits per heavy atom. The fourth-order valence-corrected chi connectivity index (χ4v) is 10.3. The van der Waals surface area contributed by atoms with E-state index in [1.807, 2.05) is 24.3 Å². The van der Waals surface area contributed by atoms with E-state index >= 15 is 0 Å². The van der Waals surface area contributed by atoms with Gasteiger partial charge in [-0.2, -0.15) is 0 Å². The minimum Gasteiger partial charge on any atom is -0.490 e. The van der Waals surface area contributed by atoms with Gasteiger partial charge in [-0.25, -0.2) is 13.2 Å². The topological polar surface area (TPSA) is 163 Å². The molecule has 53 heavy (non-hydrogen) atoms. The summed E-state index contributed by atoms with van der Waals surface area (Å²) in [5.41, 5.74) is -0.278. The molecule has 2 aromatic carbocycles. The highest BCUT2D eigenvalue weighted by molar-refractivity contribution is 7.90. The van der Waals surface area contributed by atoms with Crippen LogP contribution in [0.5, 0.6) is 5.75 Å². The average Bonchev–Trinajstić information content (AvgIpc) is 3.97. The number of nitrogens with zero attached hydrogens (tertiary/aromatic N) is 2. The number of amides is 2. The molecular formula is C39H48ClN3O9S. The maximum Gasteiger partial charge on any atom is 0.329 e. The van der Waals surface area contributed by atoms with Crippen molar-refractivity contribution in [2.45, 2.75) is 87.1 Å². The maximum absolute atomic E-state index is 14.0. The Kier molecular flexibility index (Phi) is 10.1. The molecule has 3 N–H and O–H groups in total. The lowest BCUT2D eigenvalue weighted by molar-refractivity contribution is -0.148. The third-order valence-corrected chi connectivity index (χ3v) is 14.2. The highest BCUT2D eigenvalue weighted by Crippen LogP contribution is 2.53. The van der Waals surface area contributed by atoms with Crippen LogP contribution in [0, 0.1) is 11.3 Å². The van der Waals surface area contributed by atoms with Crippen LogP contribution in [0.4, 0.5) is 5.69 Å². The Bertz CT molecular complexity index is 1940. The summed E-state index contributed by atoms with van der Waals surface area (Å²) in [5, 5.41) is 21.8. The first kappa shape index (κ1) is 37.7. The summed E-state index contributed by atoms with van der Waals surface area (Å²) in [6.07, 6.45) is 8.18. The summed E-state index contributed by atoms with van der Waals surface area (Å²) in [4.78, 5) is 42.9. The predicted octanol–water partition coefficient (Wildman–Crippen LogP) is 4.30. The summed E-state index contributed by atoms with van der Waals surface area (Å²) in [5.74, 6) is -2.28. The normalized spacial score (nSPS) is 30.4. The van der Waals surface area contributed by atoms with Crippen LogP contribution in [0.1, 0.15) is 75.0 Å². The number of rotatable bonds is 6. The molecule has 2 unspecified atom stereocenters. The number of hydrogen-bond acceptors (Lipinski definition) is 9. The van der Waals surface area contributed by atoms with Gasteiger partial charge in [0.15, 0.2) is 5.60 Å². The number of anilines is 1. The van der Waals surface area contributed by atoms with Gasteiger partial charge < -0.3 is 29.5 Å². The Morgan fingerprint density at radius 1 is 1.11 bits per heavy atom. The largest absolute Gasteiger partial charge is 0.490 e. The molecule has 2 fully saturated rings. The molecule has 3 aliphatic carbocycles. The van der Waals surface area contributed by atoms with Gasteiger partial charge in [-0.05, 0) is 104 Å². The molecule has 1 spiro atoms. The van der Waals surface area contributed by atoms with Crippen LogP contribution in [0.15, 0.2) is 48.6 Å². The third kappa shape index (κ3) is 7.42. The maximum atomic E-state index is 14.0. The zero-order valence-electron chi connectivity index (χ0n) is 30.2. The lowest BCUT2D eigenvalue weighted by atomic mass is 9.58. The zero-order valence-corrected chi connectivity index (χ0v) is 31.8. The van der Waals surface area contributed by atoms with Gasteiger partial charge in [0.05, 0.1) is 30.1 Å². The van der Waals surface area contributed by atoms with E-state index in [2.05, 4.69) is 22.6 Å². The number of halogens is 1. The monoisotopic (exact) mass is 769 g/mol. The van der Waals surface area contributed by atoms with E-state index in [0.717, 1.165) is 37.7 Å². The second-order valence-electron chi connectivity index (χ2n) is 16.0. The number of carboxylic acids is 1. The van der Waals surface area contributed by atoms with Crippen molar-refractivity contribution in [3.05, 3.63) is 70.3 Å². The molecule has 2 aliphatic heterocycles. The second kappa shape index (κ2) is 14.2. The number of carbonyl (C=O) groups is 3. The summed E-state index contributed by atoms with van der Waals surface area (Å²) in [7, 11) is -2.50. The van der Waals surface area contributed by atoms with E-state index in [1.54, 1.807) is 19.2 Å². The standard InChI is InChI=1S/C39H48ClN3O9S/c1-37-16-14-30(37)32(51-21-35(45)46)7-3-4-17-42(2)34(44)20-39(48,36(47)41-53(49,50)28-10-11-28)26-8-13-33-31(19-26)43(22-37)23-38(24-52-33)15-5-6-25-18-27(40)9-12-29(25)38/h3,7-9,12-13,18-19,28,30,32,48H,4-6,10-11,14-17,20-24H2,1-2H3,(H,41,47)(H,45,46)/t30-,32-,37?,38-,39?/m0/s1. The lowest BCUT2D eigenvalue weighted by Gasteiger charge is -2.53. The first-order valence-corrected chi connectivity index (χ1v) is 20.4. The van der Waals surface area contributed by atoms with Gasteiger partial charge in [-0.1, -0.05) is 42.8 Å². The number of aryl methyl sites for hydroxylation is 1. The number of sulfonamides is 1. The highest BCUT2D eigenvalue weighted by Gasteiger charge is 2.51. The Morgan fingerprint density at radius 3 is 2.62 bits per heavy atom. The van der Waals surface area contributed by atoms with E-state index < -0.39 is 63.2 Å². The molecule has 0 saturated heterocycles. The van der Waals surface area contributed by atoms with Gasteiger partial charge in [-0.3, -0.25) is 14.3 Å². The second-order valence-corrected chi connectivity index (χ2v) is 18.4. The highest BCUT2D eigenvalue weighted by atomic mass is 35.5. The van der Waals surface area contributed by atoms with E-state index in [0.29, 0.717) is 55.4 Å². The Balaban J connectivity index is 1.35. The number of nitrogens with one attached hydrogen (secondary N) is 1. The Labute approximate surface area is 315 Å². The SMILES string of the molecule is CN1CCC=C[C@H](OCC(=O)O)[C@@H]2CCC2(C)CN2C[C@@]3(CCCc4cc(Cl)ccc43)COc3ccc(cc32)C(O)(C(=O)NS(=O)(=O)C2CC2)CC1=O.